The van der Waals surface area contributed by atoms with Gasteiger partial charge in [0.15, 0.2) is 0 Å². The summed E-state index contributed by atoms with van der Waals surface area (Å²) in [6, 6.07) is 17.8. The van der Waals surface area contributed by atoms with Gasteiger partial charge in [-0.05, 0) is 72.7 Å². The molecule has 0 radical (unpaired) electrons. The van der Waals surface area contributed by atoms with Crippen LogP contribution >= 0.6 is 0 Å². The third kappa shape index (κ3) is 10.2. The Labute approximate surface area is 233 Å². The second-order valence-corrected chi connectivity index (χ2v) is 8.92. The first-order chi connectivity index (χ1) is 19.3. The molecule has 3 aromatic rings. The number of unbranched alkanes of at least 4 members (excludes halogenated alkanes) is 3. The van der Waals surface area contributed by atoms with Gasteiger partial charge in [0.2, 0.25) is 0 Å². The molecule has 3 rings (SSSR count). The van der Waals surface area contributed by atoms with Gasteiger partial charge in [0.05, 0.1) is 17.7 Å². The molecule has 40 heavy (non-hydrogen) atoms. The zero-order valence-corrected chi connectivity index (χ0v) is 22.5. The van der Waals surface area contributed by atoms with Gasteiger partial charge in [-0.15, -0.1) is 0 Å². The topological polar surface area (TPSA) is 140 Å². The van der Waals surface area contributed by atoms with E-state index in [9.17, 15) is 14.4 Å². The van der Waals surface area contributed by atoms with Gasteiger partial charge in [-0.2, -0.15) is 0 Å². The molecule has 0 aliphatic carbocycles. The number of carbonyl (C=O) groups excluding carboxylic acids is 3. The van der Waals surface area contributed by atoms with E-state index in [-0.39, 0.29) is 18.8 Å². The molecule has 0 aromatic heterocycles. The van der Waals surface area contributed by atoms with E-state index in [2.05, 4.69) is 6.92 Å². The summed E-state index contributed by atoms with van der Waals surface area (Å²) in [6.45, 7) is 2.58. The maximum Gasteiger partial charge on any atom is 0.338 e. The van der Waals surface area contributed by atoms with Crippen molar-refractivity contribution in [1.82, 2.24) is 0 Å². The number of nitrogen functional groups attached to an aromatic ring is 2. The van der Waals surface area contributed by atoms with Crippen molar-refractivity contribution in [3.05, 3.63) is 89.5 Å². The molecule has 0 aliphatic heterocycles. The van der Waals surface area contributed by atoms with Crippen molar-refractivity contribution in [1.29, 1.82) is 0 Å². The smallest absolute Gasteiger partial charge is 0.338 e. The fourth-order valence-corrected chi connectivity index (χ4v) is 3.60. The van der Waals surface area contributed by atoms with Gasteiger partial charge >= 0.3 is 17.9 Å². The molecule has 3 aromatic carbocycles. The van der Waals surface area contributed by atoms with Crippen LogP contribution in [0.15, 0.2) is 72.8 Å². The Bertz CT molecular complexity index is 1280. The standard InChI is InChI=1S/C31H34N2O7/c1-2-3-4-5-16-37-27-11-13-28(14-12-27)40-29(34)15-8-22-6-9-23(10-7-22)30(35)38-17-18-39-31(36)24-19-25(32)21-26(33)20-24/h6-15,19-21H,2-5,16-18,32-33H2,1H3. The van der Waals surface area contributed by atoms with Crippen LogP contribution in [-0.2, 0) is 14.3 Å². The molecule has 0 bridgehead atoms. The van der Waals surface area contributed by atoms with Crippen molar-refractivity contribution in [3.63, 3.8) is 0 Å². The molecule has 9 nitrogen and oxygen atoms in total. The lowest BCUT2D eigenvalue weighted by atomic mass is 10.1. The highest BCUT2D eigenvalue weighted by Gasteiger charge is 2.11. The van der Waals surface area contributed by atoms with Crippen molar-refractivity contribution in [2.75, 3.05) is 31.3 Å². The highest BCUT2D eigenvalue weighted by molar-refractivity contribution is 5.92. The third-order valence-electron chi connectivity index (χ3n) is 5.63. The van der Waals surface area contributed by atoms with Crippen LogP contribution in [0.1, 0.15) is 58.9 Å². The zero-order chi connectivity index (χ0) is 28.7. The second kappa shape index (κ2) is 15.6. The van der Waals surface area contributed by atoms with Gasteiger partial charge in [-0.25, -0.2) is 14.4 Å². The predicted octanol–water partition coefficient (Wildman–Crippen LogP) is 5.44. The minimum Gasteiger partial charge on any atom is -0.494 e. The molecule has 0 heterocycles. The minimum absolute atomic E-state index is 0.123. The summed E-state index contributed by atoms with van der Waals surface area (Å²) in [5, 5.41) is 0. The fourth-order valence-electron chi connectivity index (χ4n) is 3.60. The van der Waals surface area contributed by atoms with E-state index in [1.807, 2.05) is 0 Å². The van der Waals surface area contributed by atoms with Gasteiger partial charge < -0.3 is 30.4 Å². The molecule has 0 spiro atoms. The molecule has 0 saturated heterocycles. The van der Waals surface area contributed by atoms with Crippen LogP contribution in [0.5, 0.6) is 11.5 Å². The van der Waals surface area contributed by atoms with Crippen molar-refractivity contribution >= 4 is 35.4 Å². The van der Waals surface area contributed by atoms with E-state index in [0.29, 0.717) is 34.9 Å². The maximum atomic E-state index is 12.3. The quantitative estimate of drug-likeness (QED) is 0.0888. The van der Waals surface area contributed by atoms with Crippen LogP contribution < -0.4 is 20.9 Å². The average molecular weight is 547 g/mol. The van der Waals surface area contributed by atoms with Crippen molar-refractivity contribution in [2.24, 2.45) is 0 Å². The number of hydrogen-bond acceptors (Lipinski definition) is 9. The van der Waals surface area contributed by atoms with E-state index in [1.165, 1.54) is 37.1 Å². The number of nitrogens with two attached hydrogens (primary N) is 2. The van der Waals surface area contributed by atoms with Crippen LogP contribution in [0.25, 0.3) is 6.08 Å². The van der Waals surface area contributed by atoms with Gasteiger partial charge in [0.25, 0.3) is 0 Å². The van der Waals surface area contributed by atoms with Crippen LogP contribution in [0, 0.1) is 0 Å². The molecule has 0 aliphatic rings. The van der Waals surface area contributed by atoms with Crippen molar-refractivity contribution in [2.45, 2.75) is 32.6 Å². The highest BCUT2D eigenvalue weighted by atomic mass is 16.6. The minimum atomic E-state index is -0.621. The third-order valence-corrected chi connectivity index (χ3v) is 5.63. The van der Waals surface area contributed by atoms with Crippen molar-refractivity contribution < 1.29 is 33.3 Å². The first-order valence-corrected chi connectivity index (χ1v) is 13.1. The number of carbonyl (C=O) groups is 3. The summed E-state index contributed by atoms with van der Waals surface area (Å²) >= 11 is 0. The van der Waals surface area contributed by atoms with Gasteiger partial charge in [-0.1, -0.05) is 38.3 Å². The molecule has 0 atom stereocenters. The monoisotopic (exact) mass is 546 g/mol. The average Bonchev–Trinajstić information content (AvgIpc) is 2.94. The lowest BCUT2D eigenvalue weighted by Crippen LogP contribution is -2.14. The zero-order valence-electron chi connectivity index (χ0n) is 22.5. The molecule has 9 heteroatoms. The van der Waals surface area contributed by atoms with E-state index < -0.39 is 17.9 Å². The lowest BCUT2D eigenvalue weighted by Gasteiger charge is -2.08. The maximum absolute atomic E-state index is 12.3. The summed E-state index contributed by atoms with van der Waals surface area (Å²) in [5.74, 6) is -0.590. The number of benzene rings is 3. The Balaban J connectivity index is 1.38. The number of anilines is 2. The summed E-state index contributed by atoms with van der Waals surface area (Å²) in [6.07, 6.45) is 7.41. The Morgan fingerprint density at radius 1 is 0.700 bits per heavy atom. The van der Waals surface area contributed by atoms with Gasteiger partial charge in [-0.3, -0.25) is 0 Å². The van der Waals surface area contributed by atoms with E-state index in [0.717, 1.165) is 18.6 Å². The number of ether oxygens (including phenoxy) is 4. The fraction of sp³-hybridized carbons (Fsp3) is 0.258. The first-order valence-electron chi connectivity index (χ1n) is 13.1. The van der Waals surface area contributed by atoms with Crippen LogP contribution in [0.4, 0.5) is 11.4 Å². The molecule has 0 saturated carbocycles. The van der Waals surface area contributed by atoms with Crippen LogP contribution in [0.3, 0.4) is 0 Å². The van der Waals surface area contributed by atoms with Crippen LogP contribution in [-0.4, -0.2) is 37.7 Å². The van der Waals surface area contributed by atoms with Crippen LogP contribution in [0.2, 0.25) is 0 Å². The molecular weight excluding hydrogens is 512 g/mol. The Hall–Kier alpha value is -4.79. The molecular formula is C31H34N2O7. The SMILES string of the molecule is CCCCCCOc1ccc(OC(=O)C=Cc2ccc(C(=O)OCCOC(=O)c3cc(N)cc(N)c3)cc2)cc1. The van der Waals surface area contributed by atoms with Gasteiger partial charge in [0.1, 0.15) is 24.7 Å². The largest absolute Gasteiger partial charge is 0.494 e. The Morgan fingerprint density at radius 2 is 1.30 bits per heavy atom. The summed E-state index contributed by atoms with van der Waals surface area (Å²) < 4.78 is 21.2. The Morgan fingerprint density at radius 3 is 1.93 bits per heavy atom. The lowest BCUT2D eigenvalue weighted by molar-refractivity contribution is -0.128. The predicted molar refractivity (Wildman–Crippen MR) is 153 cm³/mol. The molecule has 0 amide bonds. The molecule has 0 fully saturated rings. The first kappa shape index (κ1) is 29.8. The molecule has 210 valence electrons. The highest BCUT2D eigenvalue weighted by Crippen LogP contribution is 2.19. The molecule has 0 unspecified atom stereocenters. The normalized spacial score (nSPS) is 10.7. The van der Waals surface area contributed by atoms with E-state index >= 15 is 0 Å². The van der Waals surface area contributed by atoms with Crippen molar-refractivity contribution in [3.8, 4) is 11.5 Å². The summed E-state index contributed by atoms with van der Waals surface area (Å²) in [7, 11) is 0. The van der Waals surface area contributed by atoms with E-state index in [4.69, 9.17) is 30.4 Å². The Kier molecular flexibility index (Phi) is 11.6. The second-order valence-electron chi connectivity index (χ2n) is 8.92. The summed E-state index contributed by atoms with van der Waals surface area (Å²) in [5.41, 5.74) is 13.2. The molecule has 4 N–H and O–H groups in total. The number of esters is 3. The number of rotatable bonds is 14. The van der Waals surface area contributed by atoms with E-state index in [1.54, 1.807) is 54.6 Å². The number of hydrogen-bond donors (Lipinski definition) is 2. The summed E-state index contributed by atoms with van der Waals surface area (Å²) in [4.78, 5) is 36.5. The van der Waals surface area contributed by atoms with Gasteiger partial charge in [0, 0.05) is 17.5 Å².